The van der Waals surface area contributed by atoms with Gasteiger partial charge in [0.25, 0.3) is 0 Å². The summed E-state index contributed by atoms with van der Waals surface area (Å²) in [6.07, 6.45) is 4.41. The highest BCUT2D eigenvalue weighted by Gasteiger charge is 2.76. The molecule has 3 fully saturated rings. The summed E-state index contributed by atoms with van der Waals surface area (Å²) in [7, 11) is 1.73. The number of amides is 3. The van der Waals surface area contributed by atoms with Gasteiger partial charge in [-0.2, -0.15) is 0 Å². The molecule has 0 radical (unpaired) electrons. The van der Waals surface area contributed by atoms with Crippen LogP contribution in [0.4, 0.5) is 0 Å². The summed E-state index contributed by atoms with van der Waals surface area (Å²) < 4.78 is -0.678. The van der Waals surface area contributed by atoms with Gasteiger partial charge in [0.15, 0.2) is 0 Å². The second-order valence-corrected chi connectivity index (χ2v) is 12.9. The Labute approximate surface area is 209 Å². The third-order valence-electron chi connectivity index (χ3n) is 7.03. The molecule has 0 saturated carbocycles. The van der Waals surface area contributed by atoms with E-state index < -0.39 is 28.2 Å². The van der Waals surface area contributed by atoms with Gasteiger partial charge in [0.05, 0.1) is 16.6 Å². The van der Waals surface area contributed by atoms with Crippen molar-refractivity contribution in [2.75, 3.05) is 33.3 Å². The van der Waals surface area contributed by atoms with E-state index in [1.54, 1.807) is 45.7 Å². The molecule has 7 nitrogen and oxygen atoms in total. The third-order valence-corrected chi connectivity index (χ3v) is 10.3. The first-order chi connectivity index (χ1) is 15.5. The average molecular weight is 543 g/mol. The molecule has 6 atom stereocenters. The number of alkyl halides is 1. The summed E-state index contributed by atoms with van der Waals surface area (Å²) in [6, 6.07) is -0.682. The quantitative estimate of drug-likeness (QED) is 0.357. The van der Waals surface area contributed by atoms with Crippen LogP contribution < -0.4 is 0 Å². The molecule has 2 bridgehead atoms. The zero-order valence-electron chi connectivity index (χ0n) is 20.0. The smallest absolute Gasteiger partial charge is 0.247 e. The van der Waals surface area contributed by atoms with Crippen molar-refractivity contribution in [3.63, 3.8) is 0 Å². The van der Waals surface area contributed by atoms with Crippen LogP contribution in [0.25, 0.3) is 0 Å². The van der Waals surface area contributed by atoms with Crippen molar-refractivity contribution in [3.05, 3.63) is 25.3 Å². The van der Waals surface area contributed by atoms with Crippen LogP contribution in [0.3, 0.4) is 0 Å². The lowest BCUT2D eigenvalue weighted by Gasteiger charge is -2.42. The van der Waals surface area contributed by atoms with E-state index in [9.17, 15) is 19.5 Å². The van der Waals surface area contributed by atoms with Crippen LogP contribution in [-0.4, -0.2) is 97.2 Å². The Bertz CT molecular complexity index is 831. The standard InChI is InChI=1S/C24H36BrN3O4S/c1-7-10-26(6)20(30)16-17-21(31)27(12-9-13-29)19(24(17)14-15(25)18(16)33-24)22(32)28(11-8-2)23(3,4)5/h7-8,15-19,29H,1-2,9-14H2,3-6H3/t15?,16-,17-,18-,19?,24?/m0/s1. The predicted molar refractivity (Wildman–Crippen MR) is 135 cm³/mol. The van der Waals surface area contributed by atoms with E-state index in [1.165, 1.54) is 0 Å². The zero-order chi connectivity index (χ0) is 24.7. The number of fused-ring (bicyclic) bond motifs is 1. The van der Waals surface area contributed by atoms with E-state index in [-0.39, 0.29) is 41.0 Å². The number of halogens is 1. The molecule has 3 amide bonds. The van der Waals surface area contributed by atoms with Gasteiger partial charge in [-0.1, -0.05) is 28.1 Å². The van der Waals surface area contributed by atoms with E-state index in [4.69, 9.17) is 0 Å². The molecule has 0 aromatic rings. The normalized spacial score (nSPS) is 32.6. The van der Waals surface area contributed by atoms with E-state index in [0.29, 0.717) is 25.9 Å². The highest BCUT2D eigenvalue weighted by molar-refractivity contribution is 9.09. The van der Waals surface area contributed by atoms with Crippen LogP contribution in [0.5, 0.6) is 0 Å². The molecule has 9 heteroatoms. The number of carbonyl (C=O) groups excluding carboxylic acids is 3. The number of aliphatic hydroxyl groups is 1. The van der Waals surface area contributed by atoms with Gasteiger partial charge in [-0.25, -0.2) is 0 Å². The largest absolute Gasteiger partial charge is 0.396 e. The molecule has 3 aliphatic rings. The second-order valence-electron chi connectivity index (χ2n) is 10.2. The SMILES string of the molecule is C=CCN(C)C(=O)[C@H]1[C@H]2C(=O)N(CCCO)C(C(=O)N(CC=C)C(C)(C)C)C23CC(Br)[C@@H]1S3. The van der Waals surface area contributed by atoms with Gasteiger partial charge < -0.3 is 19.8 Å². The maximum atomic E-state index is 14.1. The molecule has 3 unspecified atom stereocenters. The molecule has 184 valence electrons. The van der Waals surface area contributed by atoms with Gasteiger partial charge >= 0.3 is 0 Å². The lowest BCUT2D eigenvalue weighted by Crippen LogP contribution is -2.59. The molecular formula is C24H36BrN3O4S. The summed E-state index contributed by atoms with van der Waals surface area (Å²) in [5.74, 6) is -1.39. The highest BCUT2D eigenvalue weighted by atomic mass is 79.9. The molecule has 3 aliphatic heterocycles. The Kier molecular flexibility index (Phi) is 7.76. The topological polar surface area (TPSA) is 81.2 Å². The fraction of sp³-hybridized carbons (Fsp3) is 0.708. The molecule has 33 heavy (non-hydrogen) atoms. The van der Waals surface area contributed by atoms with Crippen molar-refractivity contribution in [1.82, 2.24) is 14.7 Å². The Balaban J connectivity index is 2.09. The van der Waals surface area contributed by atoms with Crippen molar-refractivity contribution >= 4 is 45.4 Å². The number of hydrogen-bond acceptors (Lipinski definition) is 5. The van der Waals surface area contributed by atoms with Crippen molar-refractivity contribution in [2.24, 2.45) is 11.8 Å². The van der Waals surface area contributed by atoms with Crippen LogP contribution in [-0.2, 0) is 14.4 Å². The Morgan fingerprint density at radius 1 is 1.27 bits per heavy atom. The van der Waals surface area contributed by atoms with Crippen molar-refractivity contribution in [1.29, 1.82) is 0 Å². The lowest BCUT2D eigenvalue weighted by atomic mass is 9.70. The van der Waals surface area contributed by atoms with Gasteiger partial charge in [0, 0.05) is 48.9 Å². The Morgan fingerprint density at radius 3 is 2.45 bits per heavy atom. The molecule has 3 saturated heterocycles. The average Bonchev–Trinajstić information content (AvgIpc) is 3.32. The summed E-state index contributed by atoms with van der Waals surface area (Å²) in [5, 5.41) is 9.40. The summed E-state index contributed by atoms with van der Waals surface area (Å²) in [5.41, 5.74) is -0.458. The molecule has 1 N–H and O–H groups in total. The highest BCUT2D eigenvalue weighted by Crippen LogP contribution is 2.68. The number of likely N-dealkylation sites (tertiary alicyclic amines) is 1. The number of rotatable bonds is 9. The molecule has 1 spiro atoms. The van der Waals surface area contributed by atoms with Crippen LogP contribution in [0.1, 0.15) is 33.6 Å². The number of likely N-dealkylation sites (N-methyl/N-ethyl adjacent to an activating group) is 1. The molecule has 0 aromatic heterocycles. The fourth-order valence-corrected chi connectivity index (χ4v) is 9.28. The van der Waals surface area contributed by atoms with E-state index in [2.05, 4.69) is 29.1 Å². The Hall–Kier alpha value is -1.32. The number of nitrogens with zero attached hydrogens (tertiary/aromatic N) is 3. The number of thioether (sulfide) groups is 1. The third kappa shape index (κ3) is 4.29. The molecule has 3 rings (SSSR count). The monoisotopic (exact) mass is 541 g/mol. The first-order valence-corrected chi connectivity index (χ1v) is 13.3. The molecule has 0 aromatic carbocycles. The van der Waals surface area contributed by atoms with Crippen molar-refractivity contribution in [2.45, 2.75) is 60.0 Å². The van der Waals surface area contributed by atoms with E-state index >= 15 is 0 Å². The minimum absolute atomic E-state index is 0.0354. The summed E-state index contributed by atoms with van der Waals surface area (Å²) in [6.45, 7) is 14.5. The van der Waals surface area contributed by atoms with Gasteiger partial charge in [0.1, 0.15) is 6.04 Å². The summed E-state index contributed by atoms with van der Waals surface area (Å²) >= 11 is 5.41. The maximum Gasteiger partial charge on any atom is 0.247 e. The first kappa shape index (κ1) is 26.3. The summed E-state index contributed by atoms with van der Waals surface area (Å²) in [4.78, 5) is 46.5. The fourth-order valence-electron chi connectivity index (χ4n) is 5.68. The van der Waals surface area contributed by atoms with Gasteiger partial charge in [-0.05, 0) is 33.6 Å². The van der Waals surface area contributed by atoms with Crippen LogP contribution in [0, 0.1) is 11.8 Å². The Morgan fingerprint density at radius 2 is 1.91 bits per heavy atom. The number of aliphatic hydroxyl groups excluding tert-OH is 1. The van der Waals surface area contributed by atoms with Crippen LogP contribution >= 0.6 is 27.7 Å². The molecule has 0 aliphatic carbocycles. The molecular weight excluding hydrogens is 506 g/mol. The van der Waals surface area contributed by atoms with Crippen LogP contribution in [0.15, 0.2) is 25.3 Å². The number of hydrogen-bond donors (Lipinski definition) is 1. The minimum atomic E-state index is -0.682. The van der Waals surface area contributed by atoms with Gasteiger partial charge in [-0.3, -0.25) is 14.4 Å². The maximum absolute atomic E-state index is 14.1. The van der Waals surface area contributed by atoms with E-state index in [1.807, 2.05) is 20.8 Å². The van der Waals surface area contributed by atoms with Crippen molar-refractivity contribution in [3.8, 4) is 0 Å². The zero-order valence-corrected chi connectivity index (χ0v) is 22.4. The number of carbonyl (C=O) groups is 3. The van der Waals surface area contributed by atoms with Gasteiger partial charge in [-0.15, -0.1) is 24.9 Å². The minimum Gasteiger partial charge on any atom is -0.396 e. The van der Waals surface area contributed by atoms with E-state index in [0.717, 1.165) is 0 Å². The first-order valence-electron chi connectivity index (χ1n) is 11.5. The van der Waals surface area contributed by atoms with Crippen molar-refractivity contribution < 1.29 is 19.5 Å². The second kappa shape index (κ2) is 9.74. The van der Waals surface area contributed by atoms with Crippen LogP contribution in [0.2, 0.25) is 0 Å². The predicted octanol–water partition coefficient (Wildman–Crippen LogP) is 2.29. The molecule has 3 heterocycles. The lowest BCUT2D eigenvalue weighted by molar-refractivity contribution is -0.146. The van der Waals surface area contributed by atoms with Gasteiger partial charge in [0.2, 0.25) is 17.7 Å².